The average Bonchev–Trinajstić information content (AvgIpc) is 2.41. The minimum atomic E-state index is -0.525. The Morgan fingerprint density at radius 3 is 2.84 bits per heavy atom. The van der Waals surface area contributed by atoms with E-state index >= 15 is 0 Å². The van der Waals surface area contributed by atoms with Crippen molar-refractivity contribution in [2.45, 2.75) is 0 Å². The number of nitro groups is 1. The maximum absolute atomic E-state index is 10.7. The maximum Gasteiger partial charge on any atom is 0.273 e. The number of nitro benzene ring substituents is 1. The third-order valence-electron chi connectivity index (χ3n) is 2.23. The zero-order chi connectivity index (χ0) is 13.8. The van der Waals surface area contributed by atoms with Crippen molar-refractivity contribution in [3.05, 3.63) is 51.7 Å². The average molecular weight is 281 g/mol. The number of hydrogen-bond acceptors (Lipinski definition) is 6. The lowest BCUT2D eigenvalue weighted by Crippen LogP contribution is -2.08. The summed E-state index contributed by atoms with van der Waals surface area (Å²) in [6.45, 7) is 0. The molecule has 19 heavy (non-hydrogen) atoms. The number of non-ortho nitro benzene ring substituents is 1. The van der Waals surface area contributed by atoms with Gasteiger partial charge in [-0.3, -0.25) is 10.1 Å². The number of aromatic nitrogens is 1. The number of nitrogen functional groups attached to an aromatic ring is 1. The van der Waals surface area contributed by atoms with Gasteiger partial charge in [-0.25, -0.2) is 10.8 Å². The minimum Gasteiger partial charge on any atom is -0.455 e. The summed E-state index contributed by atoms with van der Waals surface area (Å²) in [5, 5.41) is 11.0. The minimum absolute atomic E-state index is 0.106. The summed E-state index contributed by atoms with van der Waals surface area (Å²) in [4.78, 5) is 14.1. The molecule has 0 aliphatic rings. The molecule has 0 amide bonds. The Hall–Kier alpha value is -2.38. The summed E-state index contributed by atoms with van der Waals surface area (Å²) in [7, 11) is 0. The van der Waals surface area contributed by atoms with Crippen molar-refractivity contribution in [3.8, 4) is 11.5 Å². The highest BCUT2D eigenvalue weighted by molar-refractivity contribution is 6.32. The highest BCUT2D eigenvalue weighted by atomic mass is 35.5. The molecule has 0 bridgehead atoms. The number of anilines is 1. The number of hydrazine groups is 1. The summed E-state index contributed by atoms with van der Waals surface area (Å²) >= 11 is 5.92. The molecule has 0 radical (unpaired) electrons. The van der Waals surface area contributed by atoms with Gasteiger partial charge >= 0.3 is 0 Å². The summed E-state index contributed by atoms with van der Waals surface area (Å²) < 4.78 is 5.47. The van der Waals surface area contributed by atoms with E-state index in [9.17, 15) is 10.1 Å². The standard InChI is InChI=1S/C11H9ClN4O3/c12-9-2-1-7(16(17)18)5-10(9)19-8-3-4-14-11(6-8)15-13/h1-6H,13H2,(H,14,15). The molecule has 3 N–H and O–H groups in total. The molecule has 0 unspecified atom stereocenters. The second kappa shape index (κ2) is 5.51. The molecule has 2 rings (SSSR count). The summed E-state index contributed by atoms with van der Waals surface area (Å²) in [6, 6.07) is 7.07. The fourth-order valence-corrected chi connectivity index (χ4v) is 1.52. The first-order valence-corrected chi connectivity index (χ1v) is 5.52. The zero-order valence-electron chi connectivity index (χ0n) is 9.54. The normalized spacial score (nSPS) is 10.0. The number of nitrogens with one attached hydrogen (secondary N) is 1. The van der Waals surface area contributed by atoms with Crippen LogP contribution in [0.1, 0.15) is 0 Å². The van der Waals surface area contributed by atoms with Crippen LogP contribution in [0.2, 0.25) is 5.02 Å². The molecule has 0 saturated heterocycles. The molecular weight excluding hydrogens is 272 g/mol. The number of hydrogen-bond donors (Lipinski definition) is 2. The van der Waals surface area contributed by atoms with Crippen molar-refractivity contribution in [2.75, 3.05) is 5.43 Å². The fourth-order valence-electron chi connectivity index (χ4n) is 1.36. The molecule has 8 heteroatoms. The number of ether oxygens (including phenoxy) is 1. The number of pyridine rings is 1. The third kappa shape index (κ3) is 3.09. The van der Waals surface area contributed by atoms with Crippen LogP contribution in [-0.4, -0.2) is 9.91 Å². The largest absolute Gasteiger partial charge is 0.455 e. The van der Waals surface area contributed by atoms with Crippen LogP contribution in [0.15, 0.2) is 36.5 Å². The highest BCUT2D eigenvalue weighted by Gasteiger charge is 2.11. The van der Waals surface area contributed by atoms with E-state index < -0.39 is 4.92 Å². The lowest BCUT2D eigenvalue weighted by atomic mass is 10.3. The monoisotopic (exact) mass is 280 g/mol. The predicted molar refractivity (Wildman–Crippen MR) is 70.2 cm³/mol. The molecular formula is C11H9ClN4O3. The van der Waals surface area contributed by atoms with Crippen molar-refractivity contribution in [3.63, 3.8) is 0 Å². The topological polar surface area (TPSA) is 103 Å². The van der Waals surface area contributed by atoms with E-state index in [-0.39, 0.29) is 16.5 Å². The molecule has 0 aliphatic heterocycles. The van der Waals surface area contributed by atoms with Gasteiger partial charge in [-0.05, 0) is 12.1 Å². The molecule has 0 aliphatic carbocycles. The van der Waals surface area contributed by atoms with Crippen LogP contribution in [0.25, 0.3) is 0 Å². The van der Waals surface area contributed by atoms with Gasteiger partial charge in [0, 0.05) is 18.3 Å². The lowest BCUT2D eigenvalue weighted by molar-refractivity contribution is -0.384. The molecule has 0 spiro atoms. The second-order valence-corrected chi connectivity index (χ2v) is 3.90. The van der Waals surface area contributed by atoms with Gasteiger partial charge in [0.25, 0.3) is 5.69 Å². The molecule has 98 valence electrons. The maximum atomic E-state index is 10.7. The van der Waals surface area contributed by atoms with Crippen LogP contribution >= 0.6 is 11.6 Å². The summed E-state index contributed by atoms with van der Waals surface area (Å²) in [6.07, 6.45) is 1.48. The Morgan fingerprint density at radius 2 is 2.16 bits per heavy atom. The number of halogens is 1. The fraction of sp³-hybridized carbons (Fsp3) is 0. The van der Waals surface area contributed by atoms with Crippen LogP contribution in [0.4, 0.5) is 11.5 Å². The van der Waals surface area contributed by atoms with Gasteiger partial charge in [-0.1, -0.05) is 11.6 Å². The predicted octanol–water partition coefficient (Wildman–Crippen LogP) is 2.72. The molecule has 0 fully saturated rings. The first kappa shape index (κ1) is 13.1. The van der Waals surface area contributed by atoms with E-state index in [1.54, 1.807) is 6.07 Å². The van der Waals surface area contributed by atoms with Crippen LogP contribution < -0.4 is 16.0 Å². The van der Waals surface area contributed by atoms with Crippen LogP contribution in [-0.2, 0) is 0 Å². The third-order valence-corrected chi connectivity index (χ3v) is 2.54. The van der Waals surface area contributed by atoms with Gasteiger partial charge < -0.3 is 10.2 Å². The van der Waals surface area contributed by atoms with Gasteiger partial charge in [-0.2, -0.15) is 0 Å². The second-order valence-electron chi connectivity index (χ2n) is 3.50. The smallest absolute Gasteiger partial charge is 0.273 e. The van der Waals surface area contributed by atoms with Crippen LogP contribution in [0.3, 0.4) is 0 Å². The molecule has 2 aromatic rings. The Balaban J connectivity index is 2.31. The van der Waals surface area contributed by atoms with E-state index in [0.717, 1.165) is 0 Å². The zero-order valence-corrected chi connectivity index (χ0v) is 10.3. The SMILES string of the molecule is NNc1cc(Oc2cc([N+](=O)[O-])ccc2Cl)ccn1. The highest BCUT2D eigenvalue weighted by Crippen LogP contribution is 2.32. The van der Waals surface area contributed by atoms with Crippen molar-refractivity contribution in [1.29, 1.82) is 0 Å². The molecule has 0 atom stereocenters. The molecule has 1 aromatic heterocycles. The summed E-state index contributed by atoms with van der Waals surface area (Å²) in [5.41, 5.74) is 2.26. The lowest BCUT2D eigenvalue weighted by Gasteiger charge is -2.08. The van der Waals surface area contributed by atoms with Gasteiger partial charge in [0.2, 0.25) is 0 Å². The first-order chi connectivity index (χ1) is 9.10. The molecule has 1 heterocycles. The quantitative estimate of drug-likeness (QED) is 0.507. The van der Waals surface area contributed by atoms with Crippen LogP contribution in [0.5, 0.6) is 11.5 Å². The molecule has 1 aromatic carbocycles. The first-order valence-electron chi connectivity index (χ1n) is 5.14. The van der Waals surface area contributed by atoms with E-state index in [2.05, 4.69) is 10.4 Å². The van der Waals surface area contributed by atoms with Crippen molar-refractivity contribution < 1.29 is 9.66 Å². The van der Waals surface area contributed by atoms with Gasteiger partial charge in [-0.15, -0.1) is 0 Å². The van der Waals surface area contributed by atoms with Gasteiger partial charge in [0.15, 0.2) is 5.75 Å². The van der Waals surface area contributed by atoms with E-state index in [1.807, 2.05) is 0 Å². The summed E-state index contributed by atoms with van der Waals surface area (Å²) in [5.74, 6) is 6.22. The number of nitrogens with zero attached hydrogens (tertiary/aromatic N) is 2. The van der Waals surface area contributed by atoms with E-state index in [1.165, 1.54) is 30.5 Å². The van der Waals surface area contributed by atoms with Gasteiger partial charge in [0.1, 0.15) is 11.6 Å². The number of benzene rings is 1. The van der Waals surface area contributed by atoms with E-state index in [0.29, 0.717) is 11.6 Å². The Morgan fingerprint density at radius 1 is 1.37 bits per heavy atom. The molecule has 7 nitrogen and oxygen atoms in total. The van der Waals surface area contributed by atoms with E-state index in [4.69, 9.17) is 22.2 Å². The van der Waals surface area contributed by atoms with Gasteiger partial charge in [0.05, 0.1) is 16.0 Å². The van der Waals surface area contributed by atoms with Crippen molar-refractivity contribution >= 4 is 23.1 Å². The Labute approximate surface area is 113 Å². The van der Waals surface area contributed by atoms with Crippen molar-refractivity contribution in [1.82, 2.24) is 4.98 Å². The number of nitrogens with two attached hydrogens (primary N) is 1. The van der Waals surface area contributed by atoms with Crippen LogP contribution in [0, 0.1) is 10.1 Å². The number of rotatable bonds is 4. The Bertz CT molecular complexity index is 621. The molecule has 0 saturated carbocycles. The van der Waals surface area contributed by atoms with Crippen molar-refractivity contribution in [2.24, 2.45) is 5.84 Å². The Kier molecular flexibility index (Phi) is 3.79.